The number of rotatable bonds is 4. The largest absolute Gasteiger partial charge is 0.435 e. The van der Waals surface area contributed by atoms with Crippen LogP contribution in [-0.4, -0.2) is 86.5 Å². The minimum atomic E-state index is -0.762. The Hall–Kier alpha value is -2.65. The van der Waals surface area contributed by atoms with Crippen molar-refractivity contribution in [2.45, 2.75) is 6.92 Å². The van der Waals surface area contributed by atoms with Crippen molar-refractivity contribution in [3.63, 3.8) is 0 Å². The van der Waals surface area contributed by atoms with Gasteiger partial charge in [-0.3, -0.25) is 14.5 Å². The number of carbonyl (C=O) groups excluding carboxylic acids is 3. The lowest BCUT2D eigenvalue weighted by molar-refractivity contribution is -0.121. The zero-order valence-electron chi connectivity index (χ0n) is 13.8. The maximum absolute atomic E-state index is 12.0. The first kappa shape index (κ1) is 19.4. The molecule has 124 valence electrons. The summed E-state index contributed by atoms with van der Waals surface area (Å²) in [5.41, 5.74) is -0.271. The van der Waals surface area contributed by atoms with E-state index in [9.17, 15) is 14.4 Å². The number of amides is 3. The van der Waals surface area contributed by atoms with Crippen LogP contribution < -0.4 is 0 Å². The smallest absolute Gasteiger partial charge is 0.343 e. The van der Waals surface area contributed by atoms with Gasteiger partial charge >= 0.3 is 12.2 Å². The van der Waals surface area contributed by atoms with Gasteiger partial charge in [0.2, 0.25) is 0 Å². The Morgan fingerprint density at radius 1 is 0.727 bits per heavy atom. The molecule has 3 amide bonds. The zero-order valence-corrected chi connectivity index (χ0v) is 13.8. The summed E-state index contributed by atoms with van der Waals surface area (Å²) in [6.45, 7) is 1.40. The Morgan fingerprint density at radius 2 is 1.14 bits per heavy atom. The molecule has 0 aliphatic carbocycles. The van der Waals surface area contributed by atoms with Gasteiger partial charge in [-0.05, 0) is 6.92 Å². The Morgan fingerprint density at radius 3 is 1.50 bits per heavy atom. The SMILES string of the molecule is CC(=N\OC(=O)N(C)C)/C(=N/OC(=O)N(C)C)C(=O)N(C)C. The summed E-state index contributed by atoms with van der Waals surface area (Å²) in [6, 6.07) is 0. The van der Waals surface area contributed by atoms with E-state index < -0.39 is 18.1 Å². The summed E-state index contributed by atoms with van der Waals surface area (Å²) in [5.74, 6) is -0.561. The van der Waals surface area contributed by atoms with Gasteiger partial charge < -0.3 is 14.7 Å². The van der Waals surface area contributed by atoms with Gasteiger partial charge in [0.15, 0.2) is 5.71 Å². The van der Waals surface area contributed by atoms with Crippen LogP contribution in [0.5, 0.6) is 0 Å². The second kappa shape index (κ2) is 8.60. The van der Waals surface area contributed by atoms with Crippen LogP contribution in [0.25, 0.3) is 0 Å². The molecule has 0 aromatic heterocycles. The van der Waals surface area contributed by atoms with E-state index >= 15 is 0 Å². The molecular weight excluding hydrogens is 294 g/mol. The van der Waals surface area contributed by atoms with E-state index in [0.29, 0.717) is 0 Å². The summed E-state index contributed by atoms with van der Waals surface area (Å²) in [6.07, 6.45) is -1.48. The van der Waals surface area contributed by atoms with Crippen molar-refractivity contribution in [2.75, 3.05) is 42.3 Å². The zero-order chi connectivity index (χ0) is 17.4. The van der Waals surface area contributed by atoms with Crippen LogP contribution in [0, 0.1) is 0 Å². The predicted octanol–water partition coefficient (Wildman–Crippen LogP) is 0.203. The molecule has 0 saturated carbocycles. The molecule has 0 bridgehead atoms. The predicted molar refractivity (Wildman–Crippen MR) is 79.6 cm³/mol. The van der Waals surface area contributed by atoms with Crippen LogP contribution in [0.4, 0.5) is 9.59 Å². The standard InChI is InChI=1S/C12H21N5O5/c1-8(13-21-11(19)16(4)5)9(10(18)15(2)3)14-22-12(20)17(6)7/h1-7H3/b13-8+,14-9-. The quantitative estimate of drug-likeness (QED) is 0.419. The highest BCUT2D eigenvalue weighted by molar-refractivity contribution is 6.66. The van der Waals surface area contributed by atoms with Crippen molar-refractivity contribution < 1.29 is 24.1 Å². The third-order valence-electron chi connectivity index (χ3n) is 2.16. The van der Waals surface area contributed by atoms with E-state index in [-0.39, 0.29) is 11.4 Å². The first-order chi connectivity index (χ1) is 10.1. The molecule has 22 heavy (non-hydrogen) atoms. The molecule has 0 aromatic carbocycles. The lowest BCUT2D eigenvalue weighted by Crippen LogP contribution is -2.35. The van der Waals surface area contributed by atoms with Gasteiger partial charge in [-0.1, -0.05) is 10.3 Å². The number of carbonyl (C=O) groups is 3. The van der Waals surface area contributed by atoms with Crippen molar-refractivity contribution in [1.82, 2.24) is 14.7 Å². The van der Waals surface area contributed by atoms with Gasteiger partial charge in [-0.25, -0.2) is 9.59 Å². The van der Waals surface area contributed by atoms with Crippen LogP contribution in [0.2, 0.25) is 0 Å². The van der Waals surface area contributed by atoms with Crippen LogP contribution in [0.1, 0.15) is 6.92 Å². The molecule has 0 saturated heterocycles. The maximum atomic E-state index is 12.0. The summed E-state index contributed by atoms with van der Waals surface area (Å²) in [4.78, 5) is 47.4. The van der Waals surface area contributed by atoms with Crippen LogP contribution in [0.3, 0.4) is 0 Å². The number of nitrogens with zero attached hydrogens (tertiary/aromatic N) is 5. The van der Waals surface area contributed by atoms with E-state index in [4.69, 9.17) is 0 Å². The van der Waals surface area contributed by atoms with Gasteiger partial charge in [0.05, 0.1) is 0 Å². The molecule has 10 nitrogen and oxygen atoms in total. The highest BCUT2D eigenvalue weighted by atomic mass is 16.7. The third kappa shape index (κ3) is 6.20. The average molecular weight is 315 g/mol. The van der Waals surface area contributed by atoms with Crippen LogP contribution in [-0.2, 0) is 14.5 Å². The van der Waals surface area contributed by atoms with E-state index in [1.807, 2.05) is 0 Å². The van der Waals surface area contributed by atoms with E-state index in [1.54, 1.807) is 0 Å². The molecule has 0 radical (unpaired) electrons. The summed E-state index contributed by atoms with van der Waals surface area (Å²) < 4.78 is 0. The van der Waals surface area contributed by atoms with E-state index in [1.165, 1.54) is 54.1 Å². The molecule has 0 fully saturated rings. The molecule has 0 heterocycles. The summed E-state index contributed by atoms with van der Waals surface area (Å²) in [7, 11) is 8.86. The van der Waals surface area contributed by atoms with Crippen molar-refractivity contribution in [2.24, 2.45) is 10.3 Å². The molecule has 0 spiro atoms. The van der Waals surface area contributed by atoms with Gasteiger partial charge in [0.25, 0.3) is 5.91 Å². The Labute approximate surface area is 128 Å². The number of hydrogen-bond donors (Lipinski definition) is 0. The average Bonchev–Trinajstić information content (AvgIpc) is 2.43. The van der Waals surface area contributed by atoms with Gasteiger partial charge in [0, 0.05) is 42.3 Å². The van der Waals surface area contributed by atoms with Crippen molar-refractivity contribution in [3.05, 3.63) is 0 Å². The second-order valence-corrected chi connectivity index (χ2v) is 4.82. The van der Waals surface area contributed by atoms with Gasteiger partial charge in [0.1, 0.15) is 5.71 Å². The second-order valence-electron chi connectivity index (χ2n) is 4.82. The topological polar surface area (TPSA) is 104 Å². The molecule has 10 heteroatoms. The van der Waals surface area contributed by atoms with Gasteiger partial charge in [-0.2, -0.15) is 0 Å². The first-order valence-electron chi connectivity index (χ1n) is 6.19. The monoisotopic (exact) mass is 315 g/mol. The Bertz CT molecular complexity index is 496. The fourth-order valence-corrected chi connectivity index (χ4v) is 0.870. The molecule has 0 rings (SSSR count). The molecular formula is C12H21N5O5. The van der Waals surface area contributed by atoms with Crippen molar-refractivity contribution in [3.8, 4) is 0 Å². The summed E-state index contributed by atoms with van der Waals surface area (Å²) >= 11 is 0. The molecule has 0 atom stereocenters. The molecule has 0 aliphatic heterocycles. The molecule has 0 aliphatic rings. The van der Waals surface area contributed by atoms with Gasteiger partial charge in [-0.15, -0.1) is 0 Å². The Balaban J connectivity index is 5.28. The third-order valence-corrected chi connectivity index (χ3v) is 2.16. The molecule has 0 unspecified atom stereocenters. The Kier molecular flexibility index (Phi) is 7.56. The maximum Gasteiger partial charge on any atom is 0.435 e. The van der Waals surface area contributed by atoms with Crippen LogP contribution >= 0.6 is 0 Å². The summed E-state index contributed by atoms with van der Waals surface area (Å²) in [5, 5.41) is 7.00. The highest BCUT2D eigenvalue weighted by Crippen LogP contribution is 1.97. The van der Waals surface area contributed by atoms with Crippen LogP contribution in [0.15, 0.2) is 10.3 Å². The van der Waals surface area contributed by atoms with E-state index in [0.717, 1.165) is 9.80 Å². The highest BCUT2D eigenvalue weighted by Gasteiger charge is 2.20. The van der Waals surface area contributed by atoms with Crippen molar-refractivity contribution >= 4 is 29.5 Å². The fraction of sp³-hybridized carbons (Fsp3) is 0.583. The lowest BCUT2D eigenvalue weighted by Gasteiger charge is -2.13. The fourth-order valence-electron chi connectivity index (χ4n) is 0.870. The number of hydrogen-bond acceptors (Lipinski definition) is 7. The minimum absolute atomic E-state index is 0.0135. The minimum Gasteiger partial charge on any atom is -0.343 e. The molecule has 0 aromatic rings. The molecule has 0 N–H and O–H groups in total. The first-order valence-corrected chi connectivity index (χ1v) is 6.19. The van der Waals surface area contributed by atoms with Crippen molar-refractivity contribution in [1.29, 1.82) is 0 Å². The van der Waals surface area contributed by atoms with E-state index in [2.05, 4.69) is 20.0 Å². The number of oxime groups is 2. The normalized spacial score (nSPS) is 11.6. The lowest BCUT2D eigenvalue weighted by atomic mass is 10.2.